The van der Waals surface area contributed by atoms with E-state index in [9.17, 15) is 4.79 Å². The standard InChI is InChI=1S/C13H16N2O2/c1-15(13(16)17-2)10-12-7-5-11(6-8-12)4-3-9-14/h5-8H,9-10,14H2,1-2H3. The van der Waals surface area contributed by atoms with E-state index in [1.165, 1.54) is 12.0 Å². The van der Waals surface area contributed by atoms with Crippen molar-refractivity contribution in [2.24, 2.45) is 5.73 Å². The third-order valence-corrected chi connectivity index (χ3v) is 2.19. The molecule has 0 spiro atoms. The van der Waals surface area contributed by atoms with Crippen LogP contribution in [0.5, 0.6) is 0 Å². The van der Waals surface area contributed by atoms with E-state index in [4.69, 9.17) is 5.73 Å². The number of benzene rings is 1. The molecular formula is C13H16N2O2. The predicted octanol–water partition coefficient (Wildman–Crippen LogP) is 1.20. The molecule has 1 rings (SSSR count). The van der Waals surface area contributed by atoms with Gasteiger partial charge in [-0.05, 0) is 17.7 Å². The summed E-state index contributed by atoms with van der Waals surface area (Å²) in [6.07, 6.45) is -0.350. The number of rotatable bonds is 2. The Kier molecular flexibility index (Phi) is 5.05. The van der Waals surface area contributed by atoms with Gasteiger partial charge in [0.15, 0.2) is 0 Å². The van der Waals surface area contributed by atoms with Crippen molar-refractivity contribution in [2.75, 3.05) is 20.7 Å². The lowest BCUT2D eigenvalue weighted by Gasteiger charge is -2.15. The van der Waals surface area contributed by atoms with Gasteiger partial charge in [0, 0.05) is 19.2 Å². The maximum Gasteiger partial charge on any atom is 0.409 e. The molecule has 0 saturated heterocycles. The third kappa shape index (κ3) is 4.17. The van der Waals surface area contributed by atoms with Gasteiger partial charge in [-0.2, -0.15) is 0 Å². The topological polar surface area (TPSA) is 55.6 Å². The molecule has 0 aromatic heterocycles. The van der Waals surface area contributed by atoms with Crippen LogP contribution in [0.4, 0.5) is 4.79 Å². The molecule has 0 bridgehead atoms. The normalized spacial score (nSPS) is 9.12. The lowest BCUT2D eigenvalue weighted by Crippen LogP contribution is -2.25. The fourth-order valence-corrected chi connectivity index (χ4v) is 1.34. The fourth-order valence-electron chi connectivity index (χ4n) is 1.34. The zero-order valence-electron chi connectivity index (χ0n) is 10.1. The molecule has 0 heterocycles. The second-order valence-electron chi connectivity index (χ2n) is 3.53. The Labute approximate surface area is 101 Å². The highest BCUT2D eigenvalue weighted by Gasteiger charge is 2.07. The molecule has 0 radical (unpaired) electrons. The van der Waals surface area contributed by atoms with Gasteiger partial charge >= 0.3 is 6.09 Å². The summed E-state index contributed by atoms with van der Waals surface area (Å²) >= 11 is 0. The number of carbonyl (C=O) groups excluding carboxylic acids is 1. The Hall–Kier alpha value is -1.99. The van der Waals surface area contributed by atoms with Crippen LogP contribution in [0.2, 0.25) is 0 Å². The molecule has 2 N–H and O–H groups in total. The number of ether oxygens (including phenoxy) is 1. The third-order valence-electron chi connectivity index (χ3n) is 2.19. The molecule has 90 valence electrons. The largest absolute Gasteiger partial charge is 0.453 e. The van der Waals surface area contributed by atoms with Crippen LogP contribution in [-0.2, 0) is 11.3 Å². The highest BCUT2D eigenvalue weighted by Crippen LogP contribution is 2.06. The molecule has 0 atom stereocenters. The Balaban J connectivity index is 2.65. The first-order valence-corrected chi connectivity index (χ1v) is 5.24. The summed E-state index contributed by atoms with van der Waals surface area (Å²) in [6.45, 7) is 0.865. The summed E-state index contributed by atoms with van der Waals surface area (Å²) in [4.78, 5) is 12.7. The van der Waals surface area contributed by atoms with Gasteiger partial charge in [0.2, 0.25) is 0 Å². The first-order chi connectivity index (χ1) is 8.17. The van der Waals surface area contributed by atoms with Crippen molar-refractivity contribution >= 4 is 6.09 Å². The zero-order valence-corrected chi connectivity index (χ0v) is 10.1. The quantitative estimate of drug-likeness (QED) is 0.779. The van der Waals surface area contributed by atoms with Crippen LogP contribution in [0.3, 0.4) is 0 Å². The Morgan fingerprint density at radius 1 is 1.41 bits per heavy atom. The summed E-state index contributed by atoms with van der Waals surface area (Å²) in [5.41, 5.74) is 7.23. The Morgan fingerprint density at radius 3 is 2.59 bits per heavy atom. The van der Waals surface area contributed by atoms with Crippen molar-refractivity contribution in [3.63, 3.8) is 0 Å². The maximum absolute atomic E-state index is 11.2. The van der Waals surface area contributed by atoms with Crippen molar-refractivity contribution < 1.29 is 9.53 Å². The summed E-state index contributed by atoms with van der Waals surface area (Å²) in [5, 5.41) is 0. The van der Waals surface area contributed by atoms with E-state index in [0.29, 0.717) is 13.1 Å². The van der Waals surface area contributed by atoms with Crippen LogP contribution in [0.1, 0.15) is 11.1 Å². The number of nitrogens with two attached hydrogens (primary N) is 1. The molecule has 0 saturated carbocycles. The average Bonchev–Trinajstić information content (AvgIpc) is 2.37. The van der Waals surface area contributed by atoms with E-state index in [-0.39, 0.29) is 6.09 Å². The highest BCUT2D eigenvalue weighted by molar-refractivity contribution is 5.67. The number of nitrogens with zero attached hydrogens (tertiary/aromatic N) is 1. The van der Waals surface area contributed by atoms with Gasteiger partial charge in [0.05, 0.1) is 13.7 Å². The van der Waals surface area contributed by atoms with Crippen LogP contribution >= 0.6 is 0 Å². The number of hydrogen-bond donors (Lipinski definition) is 1. The van der Waals surface area contributed by atoms with Crippen molar-refractivity contribution in [3.05, 3.63) is 35.4 Å². The van der Waals surface area contributed by atoms with E-state index in [1.807, 2.05) is 24.3 Å². The minimum Gasteiger partial charge on any atom is -0.453 e. The van der Waals surface area contributed by atoms with Crippen molar-refractivity contribution in [3.8, 4) is 11.8 Å². The number of methoxy groups -OCH3 is 1. The van der Waals surface area contributed by atoms with E-state index < -0.39 is 0 Å². The lowest BCUT2D eigenvalue weighted by molar-refractivity contribution is 0.131. The van der Waals surface area contributed by atoms with Crippen LogP contribution < -0.4 is 5.73 Å². The number of hydrogen-bond acceptors (Lipinski definition) is 3. The van der Waals surface area contributed by atoms with Crippen LogP contribution in [0.15, 0.2) is 24.3 Å². The monoisotopic (exact) mass is 232 g/mol. The molecule has 0 unspecified atom stereocenters. The molecule has 0 aliphatic rings. The Morgan fingerprint density at radius 2 is 2.06 bits per heavy atom. The Bertz CT molecular complexity index is 429. The SMILES string of the molecule is COC(=O)N(C)Cc1ccc(C#CCN)cc1. The van der Waals surface area contributed by atoms with E-state index in [2.05, 4.69) is 16.6 Å². The van der Waals surface area contributed by atoms with Gasteiger partial charge in [-0.25, -0.2) is 4.79 Å². The summed E-state index contributed by atoms with van der Waals surface area (Å²) in [5.74, 6) is 5.72. The summed E-state index contributed by atoms with van der Waals surface area (Å²) in [6, 6.07) is 7.67. The average molecular weight is 232 g/mol. The van der Waals surface area contributed by atoms with Crippen LogP contribution in [0, 0.1) is 11.8 Å². The van der Waals surface area contributed by atoms with Crippen molar-refractivity contribution in [1.82, 2.24) is 4.90 Å². The predicted molar refractivity (Wildman–Crippen MR) is 66.2 cm³/mol. The molecule has 1 aromatic rings. The first-order valence-electron chi connectivity index (χ1n) is 5.24. The molecule has 17 heavy (non-hydrogen) atoms. The lowest BCUT2D eigenvalue weighted by atomic mass is 10.1. The number of amides is 1. The minimum atomic E-state index is -0.350. The van der Waals surface area contributed by atoms with E-state index in [1.54, 1.807) is 7.05 Å². The van der Waals surface area contributed by atoms with Crippen molar-refractivity contribution in [2.45, 2.75) is 6.54 Å². The minimum absolute atomic E-state index is 0.350. The molecule has 1 aromatic carbocycles. The first kappa shape index (κ1) is 13.1. The highest BCUT2D eigenvalue weighted by atomic mass is 16.5. The van der Waals surface area contributed by atoms with Gasteiger partial charge in [-0.1, -0.05) is 24.0 Å². The van der Waals surface area contributed by atoms with E-state index in [0.717, 1.165) is 11.1 Å². The van der Waals surface area contributed by atoms with Gasteiger partial charge in [0.1, 0.15) is 0 Å². The van der Waals surface area contributed by atoms with Crippen LogP contribution in [-0.4, -0.2) is 31.7 Å². The number of carbonyl (C=O) groups is 1. The van der Waals surface area contributed by atoms with Crippen molar-refractivity contribution in [1.29, 1.82) is 0 Å². The molecule has 0 fully saturated rings. The smallest absolute Gasteiger partial charge is 0.409 e. The summed E-state index contributed by atoms with van der Waals surface area (Å²) in [7, 11) is 3.05. The second-order valence-corrected chi connectivity index (χ2v) is 3.53. The molecule has 4 heteroatoms. The molecule has 0 aliphatic heterocycles. The fraction of sp³-hybridized carbons (Fsp3) is 0.308. The maximum atomic E-state index is 11.2. The zero-order chi connectivity index (χ0) is 12.7. The second kappa shape index (κ2) is 6.56. The molecule has 0 aliphatic carbocycles. The van der Waals surface area contributed by atoms with Crippen LogP contribution in [0.25, 0.3) is 0 Å². The molecule has 1 amide bonds. The summed E-state index contributed by atoms with van der Waals surface area (Å²) < 4.78 is 4.61. The van der Waals surface area contributed by atoms with Gasteiger partial charge in [0.25, 0.3) is 0 Å². The van der Waals surface area contributed by atoms with Gasteiger partial charge in [-0.3, -0.25) is 0 Å². The van der Waals surface area contributed by atoms with Gasteiger partial charge < -0.3 is 15.4 Å². The molecule has 4 nitrogen and oxygen atoms in total. The molecular weight excluding hydrogens is 216 g/mol. The van der Waals surface area contributed by atoms with E-state index >= 15 is 0 Å². The van der Waals surface area contributed by atoms with Gasteiger partial charge in [-0.15, -0.1) is 0 Å².